The summed E-state index contributed by atoms with van der Waals surface area (Å²) in [7, 11) is 3.04. The maximum Gasteiger partial charge on any atom is 0.293 e. The fourth-order valence-electron chi connectivity index (χ4n) is 2.72. The Hall–Kier alpha value is -2.48. The van der Waals surface area contributed by atoms with Gasteiger partial charge in [0.1, 0.15) is 6.61 Å². The van der Waals surface area contributed by atoms with E-state index in [1.807, 2.05) is 30.3 Å². The number of hydrogen-bond acceptors (Lipinski definition) is 6. The van der Waals surface area contributed by atoms with Crippen molar-refractivity contribution in [3.05, 3.63) is 63.5 Å². The van der Waals surface area contributed by atoms with Crippen LogP contribution < -0.4 is 9.47 Å². The van der Waals surface area contributed by atoms with Crippen LogP contribution in [0.15, 0.2) is 47.4 Å². The quantitative estimate of drug-likeness (QED) is 0.566. The van der Waals surface area contributed by atoms with Crippen molar-refractivity contribution in [2.24, 2.45) is 0 Å². The fourth-order valence-corrected chi connectivity index (χ4v) is 3.86. The lowest BCUT2D eigenvalue weighted by molar-refractivity contribution is -0.123. The Kier molecular flexibility index (Phi) is 7.19. The Morgan fingerprint density at radius 3 is 2.59 bits per heavy atom. The summed E-state index contributed by atoms with van der Waals surface area (Å²) in [6.45, 7) is 0.849. The van der Waals surface area contributed by atoms with E-state index < -0.39 is 0 Å². The van der Waals surface area contributed by atoms with Gasteiger partial charge < -0.3 is 14.2 Å². The first-order valence-electron chi connectivity index (χ1n) is 8.82. The molecular weight excluding hydrogens is 414 g/mol. The highest BCUT2D eigenvalue weighted by Gasteiger charge is 2.34. The van der Waals surface area contributed by atoms with Crippen LogP contribution in [0.25, 0.3) is 6.08 Å². The first-order chi connectivity index (χ1) is 14.0. The Morgan fingerprint density at radius 1 is 1.14 bits per heavy atom. The molecule has 0 atom stereocenters. The number of halogens is 1. The maximum atomic E-state index is 12.5. The minimum atomic E-state index is -0.350. The Bertz CT molecular complexity index is 932. The summed E-state index contributed by atoms with van der Waals surface area (Å²) in [5, 5.41) is 0.0318. The SMILES string of the molecule is COCCN1C(=O)S/C(=C/c2cc(Cl)c(OCc3ccccc3)c(OC)c2)C1=O. The number of hydrogen-bond donors (Lipinski definition) is 0. The molecule has 0 radical (unpaired) electrons. The summed E-state index contributed by atoms with van der Waals surface area (Å²) < 4.78 is 16.2. The zero-order valence-corrected chi connectivity index (χ0v) is 17.6. The summed E-state index contributed by atoms with van der Waals surface area (Å²) in [5.41, 5.74) is 1.63. The second-order valence-corrected chi connectivity index (χ2v) is 7.53. The molecule has 0 saturated carbocycles. The Balaban J connectivity index is 1.80. The van der Waals surface area contributed by atoms with E-state index in [1.165, 1.54) is 14.2 Å². The lowest BCUT2D eigenvalue weighted by Crippen LogP contribution is -2.31. The van der Waals surface area contributed by atoms with Crippen LogP contribution in [0.5, 0.6) is 11.5 Å². The van der Waals surface area contributed by atoms with Crippen LogP contribution in [0, 0.1) is 0 Å². The number of imide groups is 1. The molecule has 1 heterocycles. The zero-order chi connectivity index (χ0) is 20.8. The summed E-state index contributed by atoms with van der Waals surface area (Å²) >= 11 is 7.29. The highest BCUT2D eigenvalue weighted by molar-refractivity contribution is 8.18. The molecule has 0 unspecified atom stereocenters. The molecule has 6 nitrogen and oxygen atoms in total. The molecule has 29 heavy (non-hydrogen) atoms. The van der Waals surface area contributed by atoms with Gasteiger partial charge in [-0.05, 0) is 41.1 Å². The summed E-state index contributed by atoms with van der Waals surface area (Å²) in [5.74, 6) is 0.512. The molecule has 2 aromatic rings. The largest absolute Gasteiger partial charge is 0.493 e. The molecule has 1 aliphatic rings. The van der Waals surface area contributed by atoms with E-state index in [0.717, 1.165) is 22.2 Å². The van der Waals surface area contributed by atoms with Crippen molar-refractivity contribution in [3.8, 4) is 11.5 Å². The molecule has 2 amide bonds. The van der Waals surface area contributed by atoms with Crippen LogP contribution in [0.4, 0.5) is 4.79 Å². The van der Waals surface area contributed by atoms with Gasteiger partial charge >= 0.3 is 0 Å². The minimum absolute atomic E-state index is 0.217. The van der Waals surface area contributed by atoms with E-state index in [2.05, 4.69) is 0 Å². The predicted molar refractivity (Wildman–Crippen MR) is 113 cm³/mol. The van der Waals surface area contributed by atoms with Crippen LogP contribution in [0.3, 0.4) is 0 Å². The molecule has 8 heteroatoms. The van der Waals surface area contributed by atoms with Crippen LogP contribution >= 0.6 is 23.4 Å². The predicted octanol–water partition coefficient (Wildman–Crippen LogP) is 4.61. The zero-order valence-electron chi connectivity index (χ0n) is 16.0. The summed E-state index contributed by atoms with van der Waals surface area (Å²) in [6.07, 6.45) is 1.62. The second kappa shape index (κ2) is 9.82. The van der Waals surface area contributed by atoms with Gasteiger partial charge in [0, 0.05) is 7.11 Å². The number of carbonyl (C=O) groups is 2. The summed E-state index contributed by atoms with van der Waals surface area (Å²) in [6, 6.07) is 13.1. The van der Waals surface area contributed by atoms with Crippen LogP contribution in [-0.2, 0) is 16.1 Å². The van der Waals surface area contributed by atoms with E-state index in [-0.39, 0.29) is 17.7 Å². The molecule has 0 N–H and O–H groups in total. The van der Waals surface area contributed by atoms with Crippen molar-refractivity contribution < 1.29 is 23.8 Å². The van der Waals surface area contributed by atoms with E-state index in [0.29, 0.717) is 40.2 Å². The highest BCUT2D eigenvalue weighted by atomic mass is 35.5. The Labute approximate surface area is 178 Å². The molecule has 152 valence electrons. The van der Waals surface area contributed by atoms with Crippen molar-refractivity contribution >= 4 is 40.6 Å². The van der Waals surface area contributed by atoms with E-state index in [9.17, 15) is 9.59 Å². The number of methoxy groups -OCH3 is 2. The lowest BCUT2D eigenvalue weighted by atomic mass is 10.1. The van der Waals surface area contributed by atoms with Crippen molar-refractivity contribution in [3.63, 3.8) is 0 Å². The normalized spacial score (nSPS) is 15.3. The fraction of sp³-hybridized carbons (Fsp3) is 0.238. The van der Waals surface area contributed by atoms with Crippen LogP contribution in [0.1, 0.15) is 11.1 Å². The van der Waals surface area contributed by atoms with Gasteiger partial charge in [-0.2, -0.15) is 0 Å². The number of ether oxygens (including phenoxy) is 3. The second-order valence-electron chi connectivity index (χ2n) is 6.13. The van der Waals surface area contributed by atoms with Gasteiger partial charge in [0.05, 0.1) is 30.2 Å². The van der Waals surface area contributed by atoms with Gasteiger partial charge in [-0.1, -0.05) is 41.9 Å². The molecular formula is C21H20ClNO5S. The number of thioether (sulfide) groups is 1. The van der Waals surface area contributed by atoms with E-state index in [1.54, 1.807) is 18.2 Å². The molecule has 1 aliphatic heterocycles. The average molecular weight is 434 g/mol. The Morgan fingerprint density at radius 2 is 1.90 bits per heavy atom. The molecule has 2 aromatic carbocycles. The van der Waals surface area contributed by atoms with Crippen molar-refractivity contribution in [1.82, 2.24) is 4.90 Å². The van der Waals surface area contributed by atoms with Gasteiger partial charge in [0.2, 0.25) is 0 Å². The third-order valence-corrected chi connectivity index (χ3v) is 5.36. The lowest BCUT2D eigenvalue weighted by Gasteiger charge is -2.13. The molecule has 3 rings (SSSR count). The van der Waals surface area contributed by atoms with Gasteiger partial charge in [0.15, 0.2) is 11.5 Å². The van der Waals surface area contributed by atoms with Crippen molar-refractivity contribution in [1.29, 1.82) is 0 Å². The third-order valence-electron chi connectivity index (χ3n) is 4.17. The molecule has 0 spiro atoms. The van der Waals surface area contributed by atoms with Gasteiger partial charge in [-0.25, -0.2) is 0 Å². The third kappa shape index (κ3) is 5.12. The molecule has 0 aliphatic carbocycles. The van der Waals surface area contributed by atoms with Crippen LogP contribution in [-0.4, -0.2) is 43.4 Å². The average Bonchev–Trinajstić information content (AvgIpc) is 2.98. The number of amides is 2. The molecule has 1 fully saturated rings. The number of benzene rings is 2. The highest BCUT2D eigenvalue weighted by Crippen LogP contribution is 2.39. The van der Waals surface area contributed by atoms with E-state index >= 15 is 0 Å². The summed E-state index contributed by atoms with van der Waals surface area (Å²) in [4.78, 5) is 26.0. The first kappa shape index (κ1) is 21.2. The van der Waals surface area contributed by atoms with Gasteiger partial charge in [-0.3, -0.25) is 14.5 Å². The number of rotatable bonds is 8. The van der Waals surface area contributed by atoms with Crippen LogP contribution in [0.2, 0.25) is 5.02 Å². The maximum absolute atomic E-state index is 12.5. The number of nitrogens with zero attached hydrogens (tertiary/aromatic N) is 1. The van der Waals surface area contributed by atoms with Gasteiger partial charge in [-0.15, -0.1) is 0 Å². The van der Waals surface area contributed by atoms with E-state index in [4.69, 9.17) is 25.8 Å². The standard InChI is InChI=1S/C21H20ClNO5S/c1-26-9-8-23-20(24)18(29-21(23)25)12-15-10-16(22)19(17(11-15)27-2)28-13-14-6-4-3-5-7-14/h3-7,10-12H,8-9,13H2,1-2H3/b18-12+. The minimum Gasteiger partial charge on any atom is -0.493 e. The first-order valence-corrected chi connectivity index (χ1v) is 10.0. The molecule has 0 bridgehead atoms. The molecule has 0 aromatic heterocycles. The number of carbonyl (C=O) groups excluding carboxylic acids is 2. The smallest absolute Gasteiger partial charge is 0.293 e. The monoisotopic (exact) mass is 433 g/mol. The van der Waals surface area contributed by atoms with Crippen molar-refractivity contribution in [2.45, 2.75) is 6.61 Å². The van der Waals surface area contributed by atoms with Gasteiger partial charge in [0.25, 0.3) is 11.1 Å². The van der Waals surface area contributed by atoms with Crippen molar-refractivity contribution in [2.75, 3.05) is 27.4 Å². The topological polar surface area (TPSA) is 65.1 Å². The molecule has 1 saturated heterocycles.